The van der Waals surface area contributed by atoms with Crippen LogP contribution in [0.4, 0.5) is 0 Å². The lowest BCUT2D eigenvalue weighted by Crippen LogP contribution is -2.42. The molecule has 1 aliphatic heterocycles. The molecule has 0 unspecified atom stereocenters. The zero-order valence-electron chi connectivity index (χ0n) is 16.6. The van der Waals surface area contributed by atoms with E-state index in [0.717, 1.165) is 45.0 Å². The Hall–Kier alpha value is -2.53. The highest BCUT2D eigenvalue weighted by Gasteiger charge is 2.13. The van der Waals surface area contributed by atoms with Crippen LogP contribution < -0.4 is 20.2 Å². The fourth-order valence-corrected chi connectivity index (χ4v) is 3.50. The Balaban J connectivity index is 1.46. The third-order valence-corrected chi connectivity index (χ3v) is 5.40. The molecule has 2 aromatic rings. The predicted octanol–water partition coefficient (Wildman–Crippen LogP) is 2.11. The molecule has 2 heterocycles. The maximum absolute atomic E-state index is 12.1. The van der Waals surface area contributed by atoms with E-state index in [-0.39, 0.29) is 0 Å². The van der Waals surface area contributed by atoms with Crippen molar-refractivity contribution in [3.8, 4) is 11.5 Å². The van der Waals surface area contributed by atoms with Crippen molar-refractivity contribution in [3.05, 3.63) is 46.2 Å². The van der Waals surface area contributed by atoms with Gasteiger partial charge in [-0.2, -0.15) is 5.10 Å². The molecular formula is C20H24N4O4S2. The number of thiophene rings is 1. The van der Waals surface area contributed by atoms with Crippen molar-refractivity contribution in [1.82, 2.24) is 15.6 Å². The summed E-state index contributed by atoms with van der Waals surface area (Å²) in [4.78, 5) is 15.0. The summed E-state index contributed by atoms with van der Waals surface area (Å²) in [5, 5.41) is 9.54. The predicted molar refractivity (Wildman–Crippen MR) is 121 cm³/mol. The summed E-state index contributed by atoms with van der Waals surface area (Å²) in [6.07, 6.45) is 1.61. The van der Waals surface area contributed by atoms with Crippen molar-refractivity contribution < 1.29 is 19.0 Å². The molecule has 1 saturated heterocycles. The molecule has 8 nitrogen and oxygen atoms in total. The van der Waals surface area contributed by atoms with Crippen LogP contribution in [0.15, 0.2) is 40.8 Å². The second-order valence-corrected chi connectivity index (χ2v) is 7.71. The standard InChI is InChI=1S/C20H24N4O4S2/c1-26-17-13-15(4-5-16(17)28-19(25)18-3-2-12-30-18)14-22-23-20(29)21-6-7-24-8-10-27-11-9-24/h2-5,12-14H,6-11H2,1H3,(H2,21,23,29). The first-order valence-electron chi connectivity index (χ1n) is 9.46. The number of nitrogens with one attached hydrogen (secondary N) is 2. The van der Waals surface area contributed by atoms with E-state index in [9.17, 15) is 4.79 Å². The normalized spacial score (nSPS) is 14.4. The Kier molecular flexibility index (Phi) is 8.57. The summed E-state index contributed by atoms with van der Waals surface area (Å²) >= 11 is 6.55. The first kappa shape index (κ1) is 22.2. The van der Waals surface area contributed by atoms with Gasteiger partial charge < -0.3 is 19.5 Å². The minimum atomic E-state index is -0.417. The van der Waals surface area contributed by atoms with E-state index in [1.54, 1.807) is 36.5 Å². The second kappa shape index (κ2) is 11.6. The van der Waals surface area contributed by atoms with Gasteiger partial charge in [0, 0.05) is 26.2 Å². The number of hydrazone groups is 1. The van der Waals surface area contributed by atoms with Crippen LogP contribution in [0.2, 0.25) is 0 Å². The van der Waals surface area contributed by atoms with Crippen LogP contribution in [0.3, 0.4) is 0 Å². The fourth-order valence-electron chi connectivity index (χ4n) is 2.75. The number of carbonyl (C=O) groups is 1. The largest absolute Gasteiger partial charge is 0.493 e. The van der Waals surface area contributed by atoms with Crippen molar-refractivity contribution >= 4 is 40.9 Å². The summed E-state index contributed by atoms with van der Waals surface area (Å²) in [6.45, 7) is 5.09. The highest BCUT2D eigenvalue weighted by molar-refractivity contribution is 7.80. The summed E-state index contributed by atoms with van der Waals surface area (Å²) in [5.41, 5.74) is 3.56. The highest BCUT2D eigenvalue weighted by Crippen LogP contribution is 2.28. The maximum atomic E-state index is 12.1. The van der Waals surface area contributed by atoms with Gasteiger partial charge in [0.05, 0.1) is 26.5 Å². The number of rotatable bonds is 8. The van der Waals surface area contributed by atoms with Crippen LogP contribution in [0.5, 0.6) is 11.5 Å². The number of nitrogens with zero attached hydrogens (tertiary/aromatic N) is 2. The van der Waals surface area contributed by atoms with Crippen molar-refractivity contribution in [2.45, 2.75) is 0 Å². The number of thiocarbonyl (C=S) groups is 1. The van der Waals surface area contributed by atoms with Crippen molar-refractivity contribution in [1.29, 1.82) is 0 Å². The lowest BCUT2D eigenvalue weighted by atomic mass is 10.2. The molecule has 1 aromatic heterocycles. The van der Waals surface area contributed by atoms with E-state index in [2.05, 4.69) is 20.7 Å². The molecule has 0 saturated carbocycles. The van der Waals surface area contributed by atoms with Gasteiger partial charge in [0.15, 0.2) is 16.6 Å². The lowest BCUT2D eigenvalue weighted by Gasteiger charge is -2.26. The summed E-state index contributed by atoms with van der Waals surface area (Å²) in [6, 6.07) is 8.69. The number of carbonyl (C=O) groups excluding carboxylic acids is 1. The molecule has 1 aromatic carbocycles. The van der Waals surface area contributed by atoms with Gasteiger partial charge in [0.25, 0.3) is 0 Å². The molecule has 2 N–H and O–H groups in total. The van der Waals surface area contributed by atoms with E-state index >= 15 is 0 Å². The average molecular weight is 449 g/mol. The summed E-state index contributed by atoms with van der Waals surface area (Å²) in [7, 11) is 1.52. The maximum Gasteiger partial charge on any atom is 0.353 e. The molecular weight excluding hydrogens is 424 g/mol. The van der Waals surface area contributed by atoms with E-state index in [1.807, 2.05) is 5.38 Å². The number of hydrogen-bond donors (Lipinski definition) is 2. The van der Waals surface area contributed by atoms with E-state index in [1.165, 1.54) is 18.4 Å². The minimum Gasteiger partial charge on any atom is -0.493 e. The molecule has 1 fully saturated rings. The van der Waals surface area contributed by atoms with Crippen LogP contribution in [0, 0.1) is 0 Å². The lowest BCUT2D eigenvalue weighted by molar-refractivity contribution is 0.0389. The minimum absolute atomic E-state index is 0.348. The van der Waals surface area contributed by atoms with Gasteiger partial charge in [-0.15, -0.1) is 11.3 Å². The van der Waals surface area contributed by atoms with Gasteiger partial charge in [0.2, 0.25) is 0 Å². The van der Waals surface area contributed by atoms with Crippen LogP contribution in [0.25, 0.3) is 0 Å². The Labute approximate surface area is 184 Å². The van der Waals surface area contributed by atoms with Gasteiger partial charge in [-0.1, -0.05) is 6.07 Å². The number of hydrogen-bond acceptors (Lipinski definition) is 8. The summed E-state index contributed by atoms with van der Waals surface area (Å²) in [5.74, 6) is 0.372. The van der Waals surface area contributed by atoms with E-state index in [0.29, 0.717) is 21.5 Å². The Morgan fingerprint density at radius 1 is 1.33 bits per heavy atom. The first-order valence-corrected chi connectivity index (χ1v) is 10.8. The number of morpholine rings is 1. The van der Waals surface area contributed by atoms with E-state index < -0.39 is 5.97 Å². The van der Waals surface area contributed by atoms with Crippen LogP contribution in [0.1, 0.15) is 15.2 Å². The van der Waals surface area contributed by atoms with E-state index in [4.69, 9.17) is 26.4 Å². The topological polar surface area (TPSA) is 84.4 Å². The number of methoxy groups -OCH3 is 1. The van der Waals surface area contributed by atoms with Crippen molar-refractivity contribution in [2.24, 2.45) is 5.10 Å². The molecule has 0 atom stereocenters. The number of benzene rings is 1. The van der Waals surface area contributed by atoms with Gasteiger partial charge in [-0.05, 0) is 47.4 Å². The van der Waals surface area contributed by atoms with Crippen molar-refractivity contribution in [3.63, 3.8) is 0 Å². The molecule has 30 heavy (non-hydrogen) atoms. The average Bonchev–Trinajstić information content (AvgIpc) is 3.30. The first-order chi connectivity index (χ1) is 14.7. The number of ether oxygens (including phenoxy) is 3. The Bertz CT molecular complexity index is 868. The highest BCUT2D eigenvalue weighted by atomic mass is 32.1. The second-order valence-electron chi connectivity index (χ2n) is 6.36. The quantitative estimate of drug-likeness (QED) is 0.209. The molecule has 0 radical (unpaired) electrons. The molecule has 160 valence electrons. The van der Waals surface area contributed by atoms with Crippen molar-refractivity contribution in [2.75, 3.05) is 46.5 Å². The molecule has 1 aliphatic rings. The molecule has 0 amide bonds. The smallest absolute Gasteiger partial charge is 0.353 e. The van der Waals surface area contributed by atoms with Crippen LogP contribution in [-0.4, -0.2) is 68.7 Å². The summed E-state index contributed by atoms with van der Waals surface area (Å²) < 4.78 is 16.1. The SMILES string of the molecule is COc1cc(C=NNC(=S)NCCN2CCOCC2)ccc1OC(=O)c1cccs1. The van der Waals surface area contributed by atoms with Gasteiger partial charge in [-0.25, -0.2) is 4.79 Å². The zero-order valence-corrected chi connectivity index (χ0v) is 18.3. The fraction of sp³-hybridized carbons (Fsp3) is 0.350. The third-order valence-electron chi connectivity index (χ3n) is 4.31. The third kappa shape index (κ3) is 6.77. The zero-order chi connectivity index (χ0) is 21.2. The molecule has 0 aliphatic carbocycles. The molecule has 0 bridgehead atoms. The molecule has 3 rings (SSSR count). The number of esters is 1. The van der Waals surface area contributed by atoms with Crippen LogP contribution >= 0.6 is 23.6 Å². The van der Waals surface area contributed by atoms with Gasteiger partial charge in [-0.3, -0.25) is 10.3 Å². The Morgan fingerprint density at radius 3 is 2.90 bits per heavy atom. The van der Waals surface area contributed by atoms with Gasteiger partial charge >= 0.3 is 5.97 Å². The molecule has 0 spiro atoms. The monoisotopic (exact) mass is 448 g/mol. The van der Waals surface area contributed by atoms with Crippen LogP contribution in [-0.2, 0) is 4.74 Å². The molecule has 10 heteroatoms. The van der Waals surface area contributed by atoms with Gasteiger partial charge in [0.1, 0.15) is 4.88 Å². The Morgan fingerprint density at radius 2 is 2.17 bits per heavy atom.